The van der Waals surface area contributed by atoms with Crippen LogP contribution in [0, 0.1) is 72.9 Å². The first kappa shape index (κ1) is 117. The van der Waals surface area contributed by atoms with Gasteiger partial charge in [0.2, 0.25) is 0 Å². The molecular weight excluding hydrogens is 1320 g/mol. The van der Waals surface area contributed by atoms with Crippen LogP contribution in [0.2, 0.25) is 0 Å². The fourth-order valence-electron chi connectivity index (χ4n) is 7.44. The molecule has 0 saturated carbocycles. The average molecular weight is 1510 g/mol. The number of unbranched alkanes of at least 4 members (excludes halogenated alkanes) is 4. The number of hydrogen-bond donors (Lipinski definition) is 0. The number of allylic oxidation sites excluding steroid dienone is 13. The van der Waals surface area contributed by atoms with Crippen molar-refractivity contribution in [3.8, 4) is 0 Å². The van der Waals surface area contributed by atoms with Gasteiger partial charge >= 0.3 is 0 Å². The molecule has 0 aliphatic heterocycles. The highest BCUT2D eigenvalue weighted by Gasteiger charge is 2.09. The Kier molecular flexibility index (Phi) is 82.5. The van der Waals surface area contributed by atoms with Gasteiger partial charge < -0.3 is 14.2 Å². The first-order valence-electron chi connectivity index (χ1n) is 41.0. The second kappa shape index (κ2) is 71.9. The zero-order valence-corrected chi connectivity index (χ0v) is 80.5. The third kappa shape index (κ3) is 161. The van der Waals surface area contributed by atoms with E-state index in [1.54, 1.807) is 0 Å². The van der Waals surface area contributed by atoms with Gasteiger partial charge in [0, 0.05) is 25.6 Å². The maximum absolute atomic E-state index is 5.46. The van der Waals surface area contributed by atoms with E-state index in [0.29, 0.717) is 49.9 Å². The summed E-state index contributed by atoms with van der Waals surface area (Å²) in [7, 11) is 1.09. The molecule has 0 amide bonds. The summed E-state index contributed by atoms with van der Waals surface area (Å²) < 4.78 is 16.4. The minimum atomic E-state index is 0.279. The van der Waals surface area contributed by atoms with E-state index < -0.39 is 0 Å². The van der Waals surface area contributed by atoms with Crippen molar-refractivity contribution in [3.05, 3.63) is 97.2 Å². The minimum Gasteiger partial charge on any atom is -0.381 e. The molecule has 1 unspecified atom stereocenters. The van der Waals surface area contributed by atoms with E-state index in [2.05, 4.69) is 398 Å². The molecule has 0 fully saturated rings. The average Bonchev–Trinajstić information content (AvgIpc) is 1.22. The van der Waals surface area contributed by atoms with Crippen LogP contribution in [-0.4, -0.2) is 85.0 Å². The topological polar surface area (TPSA) is 27.7 Å². The summed E-state index contributed by atoms with van der Waals surface area (Å²) in [4.78, 5) is 0. The lowest BCUT2D eigenvalue weighted by molar-refractivity contribution is 0.0775. The van der Waals surface area contributed by atoms with Crippen molar-refractivity contribution in [3.63, 3.8) is 0 Å². The lowest BCUT2D eigenvalue weighted by atomic mass is 9.95. The molecule has 0 aliphatic carbocycles. The van der Waals surface area contributed by atoms with Crippen molar-refractivity contribution in [2.24, 2.45) is 72.9 Å². The Morgan fingerprint density at radius 1 is 0.314 bits per heavy atom. The third-order valence-electron chi connectivity index (χ3n) is 12.8. The van der Waals surface area contributed by atoms with E-state index in [4.69, 9.17) is 14.2 Å². The second-order valence-corrected chi connectivity index (χ2v) is 45.5. The predicted octanol–water partition coefficient (Wildman–Crippen LogP) is 32.8. The molecule has 0 radical (unpaired) electrons. The van der Waals surface area contributed by atoms with Gasteiger partial charge in [0.25, 0.3) is 0 Å². The molecule has 0 aromatic carbocycles. The summed E-state index contributed by atoms with van der Waals surface area (Å²) >= 11 is 6.15. The van der Waals surface area contributed by atoms with Gasteiger partial charge in [0.1, 0.15) is 0 Å². The largest absolute Gasteiger partial charge is 0.381 e. The molecule has 0 aliphatic rings. The molecule has 102 heavy (non-hydrogen) atoms. The normalized spacial score (nSPS) is 13.2. The maximum Gasteiger partial charge on any atom is 0.0647 e. The summed E-state index contributed by atoms with van der Waals surface area (Å²) in [5.74, 6) is 10.3. The maximum atomic E-state index is 5.46. The van der Waals surface area contributed by atoms with E-state index in [9.17, 15) is 0 Å². The molecule has 3 nitrogen and oxygen atoms in total. The fraction of sp³-hybridized carbons (Fsp3) is 0.832. The summed E-state index contributed by atoms with van der Waals surface area (Å²) in [5, 5.41) is 0.784. The Hall–Kier alpha value is -0.720. The zero-order valence-electron chi connectivity index (χ0n) is 77.1. The lowest BCUT2D eigenvalue weighted by Gasteiger charge is -2.11. The van der Waals surface area contributed by atoms with Gasteiger partial charge in [-0.1, -0.05) is 373 Å². The molecule has 0 spiro atoms. The van der Waals surface area contributed by atoms with Crippen LogP contribution in [-0.2, 0) is 14.2 Å². The number of thioether (sulfide) groups is 3. The van der Waals surface area contributed by atoms with Gasteiger partial charge in [-0.15, -0.1) is 8.58 Å². The summed E-state index contributed by atoms with van der Waals surface area (Å²) in [5.41, 5.74) is 3.53. The number of rotatable bonds is 38. The van der Waals surface area contributed by atoms with Crippen molar-refractivity contribution in [1.29, 1.82) is 0 Å². The lowest BCUT2D eigenvalue weighted by Crippen LogP contribution is -2.03. The minimum absolute atomic E-state index is 0.279. The molecule has 612 valence electrons. The van der Waals surface area contributed by atoms with E-state index in [0.717, 1.165) is 102 Å². The van der Waals surface area contributed by atoms with Crippen LogP contribution in [0.1, 0.15) is 354 Å². The summed E-state index contributed by atoms with van der Waals surface area (Å²) in [6, 6.07) is 0. The van der Waals surface area contributed by atoms with Gasteiger partial charge in [-0.3, -0.25) is 0 Å². The Balaban J connectivity index is -0.000000165. The monoisotopic (exact) mass is 1510 g/mol. The van der Waals surface area contributed by atoms with Gasteiger partial charge in [-0.25, -0.2) is 0 Å². The van der Waals surface area contributed by atoms with Gasteiger partial charge in [-0.05, 0) is 191 Å². The second-order valence-electron chi connectivity index (χ2n) is 39.5. The van der Waals surface area contributed by atoms with E-state index in [1.165, 1.54) is 86.3 Å². The van der Waals surface area contributed by atoms with E-state index >= 15 is 0 Å². The highest BCUT2D eigenvalue weighted by Crippen LogP contribution is 2.23. The van der Waals surface area contributed by atoms with Crippen LogP contribution in [0.5, 0.6) is 0 Å². The van der Waals surface area contributed by atoms with Crippen LogP contribution in [0.25, 0.3) is 0 Å². The predicted molar refractivity (Wildman–Crippen MR) is 492 cm³/mol. The van der Waals surface area contributed by atoms with Crippen LogP contribution in [0.3, 0.4) is 0 Å². The smallest absolute Gasteiger partial charge is 0.0647 e. The Labute approximate surface area is 662 Å². The number of hydrogen-bond acceptors (Lipinski definition) is 6. The standard InChI is InChI=1S/C13H26.3C12H24O.3C12H24S.C10H21P/c1-12(2)10-8-6-7-9-11-13(3,4)5;1-11(2)7-10-13-9-6-8-12(3,4)5;1-11(2)10-13-9-7-6-8-12(3,4)5;1-11(2)13-10-8-6-7-9-12(3,4)5;1-11(2)7-10-13-9-6-8-12(3,4)5;1-11(2)10-13-9-7-6-8-12(3,4)5;1-11(2)13-10-8-6-7-9-12(3,4)5;1-9(2)11-8-6-7-10(3,4)5/h9,11-12H,6-8,10H2,1-5H3;2*6,8,11H,7,9-10H2,1-5H3;7,9,11H,6,8,10H2,1-5H3;2*6,8,11H,7,9-10H2,1-5H3;7,9,11H,6,8,10H2,1-5H3;6-7,9,11H,8H2,1-5H3/b11-9-;2*8-6-;9-7-;2*8-6-;9-7-;7-6-. The zero-order chi connectivity index (χ0) is 81.1. The Bertz CT molecular complexity index is 1600. The van der Waals surface area contributed by atoms with Gasteiger partial charge in [0.15, 0.2) is 0 Å². The fourth-order valence-corrected chi connectivity index (χ4v) is 10.9. The quantitative estimate of drug-likeness (QED) is 0.0347. The van der Waals surface area contributed by atoms with Crippen molar-refractivity contribution >= 4 is 43.9 Å². The summed E-state index contributed by atoms with van der Waals surface area (Å²) in [6.07, 6.45) is 53.0. The highest BCUT2D eigenvalue weighted by molar-refractivity contribution is 8.00. The molecule has 0 N–H and O–H groups in total. The van der Waals surface area contributed by atoms with Crippen LogP contribution >= 0.6 is 43.9 Å². The van der Waals surface area contributed by atoms with E-state index in [-0.39, 0.29) is 5.41 Å². The molecular formula is C95H191O3PS3. The molecule has 7 heteroatoms. The molecule has 0 rings (SSSR count). The molecule has 0 aromatic heterocycles. The Morgan fingerprint density at radius 2 is 0.706 bits per heavy atom. The molecule has 0 aromatic rings. The summed E-state index contributed by atoms with van der Waals surface area (Å²) in [6.45, 7) is 93.4. The molecule has 0 bridgehead atoms. The van der Waals surface area contributed by atoms with Crippen LogP contribution in [0.15, 0.2) is 97.2 Å². The SMILES string of the molecule is CC(C)CCCC/C=C\C(C)(C)C.CC(C)CCOC/C=C\C(C)(C)C.CC(C)CCSC/C=C\C(C)(C)C.CC(C)COCC/C=C\C(C)(C)C.CC(C)CSCC/C=C\C(C)(C)C.CC(C)OCCC/C=C\C(C)(C)C.CC(C)PC/C=C\C(C)(C)C.CC(C)SCCC/C=C\C(C)(C)C. The van der Waals surface area contributed by atoms with Gasteiger partial charge in [0.05, 0.1) is 19.3 Å². The van der Waals surface area contributed by atoms with Crippen LogP contribution < -0.4 is 0 Å². The molecule has 0 saturated heterocycles. The van der Waals surface area contributed by atoms with Crippen molar-refractivity contribution in [1.82, 2.24) is 0 Å². The highest BCUT2D eigenvalue weighted by atomic mass is 32.2. The first-order valence-corrected chi connectivity index (χ1v) is 45.7. The van der Waals surface area contributed by atoms with Crippen molar-refractivity contribution in [2.45, 2.75) is 371 Å². The third-order valence-corrected chi connectivity index (χ3v) is 17.6. The van der Waals surface area contributed by atoms with E-state index in [1.807, 2.05) is 11.8 Å². The van der Waals surface area contributed by atoms with Crippen LogP contribution in [0.4, 0.5) is 0 Å². The van der Waals surface area contributed by atoms with Crippen molar-refractivity contribution < 1.29 is 14.2 Å². The molecule has 0 heterocycles. The molecule has 1 atom stereocenters. The van der Waals surface area contributed by atoms with Gasteiger partial charge in [-0.2, -0.15) is 35.3 Å². The Morgan fingerprint density at radius 3 is 1.10 bits per heavy atom. The van der Waals surface area contributed by atoms with Crippen molar-refractivity contribution in [2.75, 3.05) is 68.0 Å². The first-order chi connectivity index (χ1) is 46.3. The number of ether oxygens (including phenoxy) is 3.